The highest BCUT2D eigenvalue weighted by atomic mass is 32.2. The average Bonchev–Trinajstić information content (AvgIpc) is 2.79. The molecular weight excluding hydrogens is 250 g/mol. The van der Waals surface area contributed by atoms with Gasteiger partial charge in [0.15, 0.2) is 0 Å². The summed E-state index contributed by atoms with van der Waals surface area (Å²) in [5.74, 6) is 1.61. The maximum Gasteiger partial charge on any atom is 0.303 e. The maximum absolute atomic E-state index is 11.8. The Morgan fingerprint density at radius 1 is 1.39 bits per heavy atom. The molecule has 1 aliphatic heterocycles. The van der Waals surface area contributed by atoms with Gasteiger partial charge in [-0.3, -0.25) is 9.59 Å². The van der Waals surface area contributed by atoms with Gasteiger partial charge < -0.3 is 10.4 Å². The van der Waals surface area contributed by atoms with E-state index in [0.717, 1.165) is 24.3 Å². The van der Waals surface area contributed by atoms with Crippen LogP contribution in [0.1, 0.15) is 39.5 Å². The lowest BCUT2D eigenvalue weighted by atomic mass is 9.84. The molecule has 1 fully saturated rings. The lowest BCUT2D eigenvalue weighted by Gasteiger charge is -2.24. The molecular formula is C13H23NO3S. The molecule has 104 valence electrons. The van der Waals surface area contributed by atoms with Crippen LogP contribution in [-0.2, 0) is 9.59 Å². The van der Waals surface area contributed by atoms with Gasteiger partial charge in [0, 0.05) is 24.6 Å². The van der Waals surface area contributed by atoms with Crippen molar-refractivity contribution in [3.8, 4) is 0 Å². The Morgan fingerprint density at radius 3 is 2.67 bits per heavy atom. The third kappa shape index (κ3) is 5.76. The zero-order valence-electron chi connectivity index (χ0n) is 11.2. The summed E-state index contributed by atoms with van der Waals surface area (Å²) in [5, 5.41) is 11.6. The largest absolute Gasteiger partial charge is 0.481 e. The van der Waals surface area contributed by atoms with Crippen LogP contribution in [0.3, 0.4) is 0 Å². The molecule has 0 aromatic heterocycles. The first-order valence-electron chi connectivity index (χ1n) is 6.48. The van der Waals surface area contributed by atoms with E-state index in [1.807, 2.05) is 25.6 Å². The minimum Gasteiger partial charge on any atom is -0.481 e. The van der Waals surface area contributed by atoms with Crippen LogP contribution in [0.25, 0.3) is 0 Å². The molecule has 1 amide bonds. The number of hydrogen-bond acceptors (Lipinski definition) is 3. The lowest BCUT2D eigenvalue weighted by Crippen LogP contribution is -2.33. The molecule has 1 atom stereocenters. The number of carbonyl (C=O) groups is 2. The van der Waals surface area contributed by atoms with Gasteiger partial charge in [-0.15, -0.1) is 0 Å². The van der Waals surface area contributed by atoms with Crippen molar-refractivity contribution in [1.82, 2.24) is 5.32 Å². The van der Waals surface area contributed by atoms with Gasteiger partial charge in [0.25, 0.3) is 0 Å². The van der Waals surface area contributed by atoms with E-state index < -0.39 is 5.97 Å². The normalized spacial score (nSPS) is 19.8. The van der Waals surface area contributed by atoms with E-state index in [-0.39, 0.29) is 23.7 Å². The molecule has 0 saturated carbocycles. The number of nitrogens with one attached hydrogen (secondary N) is 1. The van der Waals surface area contributed by atoms with Crippen LogP contribution in [0.4, 0.5) is 0 Å². The average molecular weight is 273 g/mol. The van der Waals surface area contributed by atoms with E-state index in [9.17, 15) is 9.59 Å². The van der Waals surface area contributed by atoms with Crippen LogP contribution in [0.5, 0.6) is 0 Å². The van der Waals surface area contributed by atoms with E-state index in [1.54, 1.807) is 0 Å². The second-order valence-corrected chi connectivity index (χ2v) is 6.81. The second-order valence-electron chi connectivity index (χ2n) is 5.66. The van der Waals surface area contributed by atoms with Gasteiger partial charge in [0.2, 0.25) is 5.91 Å². The summed E-state index contributed by atoms with van der Waals surface area (Å²) in [6, 6.07) is 0. The van der Waals surface area contributed by atoms with E-state index in [2.05, 4.69) is 5.32 Å². The Balaban J connectivity index is 2.19. The summed E-state index contributed by atoms with van der Waals surface area (Å²) in [6.07, 6.45) is 2.66. The van der Waals surface area contributed by atoms with Gasteiger partial charge in [-0.1, -0.05) is 13.8 Å². The number of carboxylic acid groups (broad SMARTS) is 1. The minimum atomic E-state index is -0.755. The summed E-state index contributed by atoms with van der Waals surface area (Å²) >= 11 is 1.83. The van der Waals surface area contributed by atoms with E-state index in [4.69, 9.17) is 5.11 Å². The number of rotatable bonds is 7. The standard InChI is InChI=1S/C13H23NO3S/c1-13(2,5-3-11(15)16)6-7-14-12(17)10-4-8-18-9-10/h10H,3-9H2,1-2H3,(H,14,17)(H,15,16). The van der Waals surface area contributed by atoms with E-state index in [0.29, 0.717) is 13.0 Å². The molecule has 0 spiro atoms. The predicted octanol–water partition coefficient (Wildman–Crippen LogP) is 2.14. The molecule has 1 aliphatic rings. The minimum absolute atomic E-state index is 0.0317. The van der Waals surface area contributed by atoms with Crippen molar-refractivity contribution >= 4 is 23.6 Å². The van der Waals surface area contributed by atoms with Crippen molar-refractivity contribution < 1.29 is 14.7 Å². The van der Waals surface area contributed by atoms with Gasteiger partial charge in [-0.25, -0.2) is 0 Å². The number of thioether (sulfide) groups is 1. The Hall–Kier alpha value is -0.710. The zero-order valence-corrected chi connectivity index (χ0v) is 12.0. The van der Waals surface area contributed by atoms with Crippen molar-refractivity contribution in [2.24, 2.45) is 11.3 Å². The van der Waals surface area contributed by atoms with Crippen molar-refractivity contribution in [2.45, 2.75) is 39.5 Å². The van der Waals surface area contributed by atoms with Crippen LogP contribution in [0.2, 0.25) is 0 Å². The van der Waals surface area contributed by atoms with Crippen LogP contribution < -0.4 is 5.32 Å². The van der Waals surface area contributed by atoms with Crippen LogP contribution >= 0.6 is 11.8 Å². The smallest absolute Gasteiger partial charge is 0.303 e. The molecule has 0 aromatic rings. The Bertz CT molecular complexity index is 299. The van der Waals surface area contributed by atoms with Gasteiger partial charge in [0.05, 0.1) is 0 Å². The molecule has 0 bridgehead atoms. The van der Waals surface area contributed by atoms with Crippen molar-refractivity contribution in [3.63, 3.8) is 0 Å². The van der Waals surface area contributed by atoms with Crippen molar-refractivity contribution in [3.05, 3.63) is 0 Å². The Labute approximate surface area is 113 Å². The molecule has 2 N–H and O–H groups in total. The third-order valence-electron chi connectivity index (χ3n) is 3.42. The van der Waals surface area contributed by atoms with Crippen LogP contribution in [0.15, 0.2) is 0 Å². The second kappa shape index (κ2) is 7.02. The van der Waals surface area contributed by atoms with Crippen LogP contribution in [-0.4, -0.2) is 35.0 Å². The number of carbonyl (C=O) groups excluding carboxylic acids is 1. The zero-order chi connectivity index (χ0) is 13.6. The molecule has 0 radical (unpaired) electrons. The fourth-order valence-electron chi connectivity index (χ4n) is 1.98. The molecule has 0 aromatic carbocycles. The van der Waals surface area contributed by atoms with Gasteiger partial charge >= 0.3 is 5.97 Å². The molecule has 1 heterocycles. The van der Waals surface area contributed by atoms with Gasteiger partial charge in [0.1, 0.15) is 0 Å². The first-order chi connectivity index (χ1) is 8.41. The monoisotopic (exact) mass is 273 g/mol. The quantitative estimate of drug-likeness (QED) is 0.746. The SMILES string of the molecule is CC(C)(CCNC(=O)C1CCSC1)CCC(=O)O. The van der Waals surface area contributed by atoms with E-state index in [1.165, 1.54) is 0 Å². The van der Waals surface area contributed by atoms with E-state index >= 15 is 0 Å². The summed E-state index contributed by atoms with van der Waals surface area (Å²) in [7, 11) is 0. The van der Waals surface area contributed by atoms with Gasteiger partial charge in [-0.05, 0) is 30.4 Å². The number of aliphatic carboxylic acids is 1. The van der Waals surface area contributed by atoms with Crippen molar-refractivity contribution in [2.75, 3.05) is 18.1 Å². The fourth-order valence-corrected chi connectivity index (χ4v) is 3.20. The summed E-state index contributed by atoms with van der Waals surface area (Å²) < 4.78 is 0. The summed E-state index contributed by atoms with van der Waals surface area (Å²) in [4.78, 5) is 22.3. The summed E-state index contributed by atoms with van der Waals surface area (Å²) in [6.45, 7) is 4.74. The third-order valence-corrected chi connectivity index (χ3v) is 4.58. The number of hydrogen-bond donors (Lipinski definition) is 2. The molecule has 4 nitrogen and oxygen atoms in total. The fraction of sp³-hybridized carbons (Fsp3) is 0.846. The van der Waals surface area contributed by atoms with Crippen molar-refractivity contribution in [1.29, 1.82) is 0 Å². The Morgan fingerprint density at radius 2 is 2.11 bits per heavy atom. The maximum atomic E-state index is 11.8. The highest BCUT2D eigenvalue weighted by Crippen LogP contribution is 2.26. The van der Waals surface area contributed by atoms with Gasteiger partial charge in [-0.2, -0.15) is 11.8 Å². The topological polar surface area (TPSA) is 66.4 Å². The first-order valence-corrected chi connectivity index (χ1v) is 7.63. The Kier molecular flexibility index (Phi) is 5.99. The van der Waals surface area contributed by atoms with Crippen LogP contribution in [0, 0.1) is 11.3 Å². The molecule has 18 heavy (non-hydrogen) atoms. The number of carboxylic acids is 1. The highest BCUT2D eigenvalue weighted by Gasteiger charge is 2.24. The predicted molar refractivity (Wildman–Crippen MR) is 73.7 cm³/mol. The molecule has 5 heteroatoms. The number of amides is 1. The highest BCUT2D eigenvalue weighted by molar-refractivity contribution is 7.99. The summed E-state index contributed by atoms with van der Waals surface area (Å²) in [5.41, 5.74) is -0.0317. The molecule has 1 saturated heterocycles. The molecule has 0 aliphatic carbocycles. The molecule has 1 rings (SSSR count). The first kappa shape index (κ1) is 15.3. The molecule has 1 unspecified atom stereocenters. The lowest BCUT2D eigenvalue weighted by molar-refractivity contribution is -0.137.